The van der Waals surface area contributed by atoms with Gasteiger partial charge >= 0.3 is 0 Å². The fourth-order valence-electron chi connectivity index (χ4n) is 3.52. The van der Waals surface area contributed by atoms with Gasteiger partial charge in [0.2, 0.25) is 5.82 Å². The number of nitrogens with two attached hydrogens (primary N) is 1. The molecule has 1 aromatic rings. The third-order valence-electron chi connectivity index (χ3n) is 4.52. The van der Waals surface area contributed by atoms with E-state index in [1.165, 1.54) is 11.0 Å². The van der Waals surface area contributed by atoms with Gasteiger partial charge in [-0.3, -0.25) is 4.79 Å². The Labute approximate surface area is 126 Å². The highest BCUT2D eigenvalue weighted by molar-refractivity contribution is 5.88. The van der Waals surface area contributed by atoms with E-state index in [2.05, 4.69) is 10.1 Å². The number of aromatic nitrogens is 3. The lowest BCUT2D eigenvalue weighted by Gasteiger charge is -2.26. The number of aliphatic hydroxyl groups is 1. The van der Waals surface area contributed by atoms with Gasteiger partial charge in [0.25, 0.3) is 5.91 Å². The van der Waals surface area contributed by atoms with Gasteiger partial charge in [-0.05, 0) is 12.8 Å². The zero-order valence-corrected chi connectivity index (χ0v) is 11.9. The van der Waals surface area contributed by atoms with Crippen LogP contribution in [-0.2, 0) is 14.2 Å². The first-order valence-electron chi connectivity index (χ1n) is 7.45. The van der Waals surface area contributed by atoms with Crippen LogP contribution in [0, 0.1) is 0 Å². The molecule has 1 aliphatic carbocycles. The number of amides is 1. The van der Waals surface area contributed by atoms with Gasteiger partial charge in [-0.15, -0.1) is 5.10 Å². The fraction of sp³-hybridized carbons (Fsp3) is 0.769. The van der Waals surface area contributed by atoms with Crippen molar-refractivity contribution in [3.05, 3.63) is 12.2 Å². The van der Waals surface area contributed by atoms with Crippen molar-refractivity contribution < 1.29 is 24.1 Å². The van der Waals surface area contributed by atoms with Crippen molar-refractivity contribution in [3.8, 4) is 0 Å². The van der Waals surface area contributed by atoms with E-state index in [0.717, 1.165) is 25.7 Å². The smallest absolute Gasteiger partial charge is 0.288 e. The normalized spacial score (nSPS) is 36.0. The fourth-order valence-corrected chi connectivity index (χ4v) is 3.52. The Hall–Kier alpha value is -1.55. The van der Waals surface area contributed by atoms with Crippen LogP contribution >= 0.6 is 0 Å². The number of hydrogen-bond acceptors (Lipinski definition) is 7. The summed E-state index contributed by atoms with van der Waals surface area (Å²) >= 11 is 0. The molecular weight excluding hydrogens is 292 g/mol. The highest BCUT2D eigenvalue weighted by Gasteiger charge is 2.59. The number of fused-ring (bicyclic) bond motifs is 1. The van der Waals surface area contributed by atoms with Gasteiger partial charge < -0.3 is 25.1 Å². The molecular formula is C13H18N4O5. The summed E-state index contributed by atoms with van der Waals surface area (Å²) in [6.45, 7) is -0.172. The van der Waals surface area contributed by atoms with E-state index in [0.29, 0.717) is 0 Å². The maximum absolute atomic E-state index is 11.1. The molecule has 1 saturated carbocycles. The van der Waals surface area contributed by atoms with E-state index in [1.54, 1.807) is 0 Å². The molecule has 9 nitrogen and oxygen atoms in total. The van der Waals surface area contributed by atoms with Crippen LogP contribution in [0.15, 0.2) is 6.33 Å². The number of rotatable bonds is 3. The standard InChI is InChI=1S/C13H18N4O5/c14-10(19)11-15-6-17(16-11)12-9-8(7(5-18)20-12)21-13(22-9)3-1-2-4-13/h6-9,12,18H,1-5H2,(H2,14,19)/t7-,8+,9+,12+/m1/s1. The Bertz CT molecular complexity index is 585. The monoisotopic (exact) mass is 310 g/mol. The molecule has 0 unspecified atom stereocenters. The van der Waals surface area contributed by atoms with E-state index >= 15 is 0 Å². The molecule has 120 valence electrons. The highest BCUT2D eigenvalue weighted by Crippen LogP contribution is 2.48. The largest absolute Gasteiger partial charge is 0.394 e. The minimum Gasteiger partial charge on any atom is -0.394 e. The van der Waals surface area contributed by atoms with E-state index in [1.807, 2.05) is 0 Å². The van der Waals surface area contributed by atoms with Crippen LogP contribution in [0.4, 0.5) is 0 Å². The molecule has 0 aromatic carbocycles. The number of primary amides is 1. The van der Waals surface area contributed by atoms with Gasteiger partial charge in [-0.25, -0.2) is 9.67 Å². The minimum atomic E-state index is -0.706. The van der Waals surface area contributed by atoms with Crippen molar-refractivity contribution in [2.75, 3.05) is 6.61 Å². The summed E-state index contributed by atoms with van der Waals surface area (Å²) in [7, 11) is 0. The first-order chi connectivity index (χ1) is 10.6. The zero-order chi connectivity index (χ0) is 15.3. The maximum atomic E-state index is 11.1. The molecule has 22 heavy (non-hydrogen) atoms. The second kappa shape index (κ2) is 4.98. The number of nitrogens with zero attached hydrogens (tertiary/aromatic N) is 3. The number of ether oxygens (including phenoxy) is 3. The number of carbonyl (C=O) groups excluding carboxylic acids is 1. The molecule has 0 bridgehead atoms. The van der Waals surface area contributed by atoms with E-state index in [9.17, 15) is 9.90 Å². The maximum Gasteiger partial charge on any atom is 0.288 e. The van der Waals surface area contributed by atoms with Crippen molar-refractivity contribution in [1.82, 2.24) is 14.8 Å². The lowest BCUT2D eigenvalue weighted by atomic mass is 10.1. The van der Waals surface area contributed by atoms with Gasteiger partial charge in [0.1, 0.15) is 24.6 Å². The summed E-state index contributed by atoms with van der Waals surface area (Å²) < 4.78 is 19.4. The molecule has 9 heteroatoms. The number of hydrogen-bond donors (Lipinski definition) is 2. The Balaban J connectivity index is 1.61. The van der Waals surface area contributed by atoms with Gasteiger partial charge in [-0.1, -0.05) is 0 Å². The predicted molar refractivity (Wildman–Crippen MR) is 70.5 cm³/mol. The molecule has 4 rings (SSSR count). The first kappa shape index (κ1) is 14.1. The molecule has 2 aliphatic heterocycles. The summed E-state index contributed by atoms with van der Waals surface area (Å²) in [5.41, 5.74) is 5.17. The van der Waals surface area contributed by atoms with Crippen LogP contribution in [-0.4, -0.2) is 56.5 Å². The van der Waals surface area contributed by atoms with Gasteiger partial charge in [0.05, 0.1) is 6.61 Å². The van der Waals surface area contributed by atoms with Crippen LogP contribution in [0.2, 0.25) is 0 Å². The SMILES string of the molecule is NC(=O)c1ncn([C@H]2O[C@H](CO)[C@@H]3OC4(CCCC4)O[C@@H]32)n1. The van der Waals surface area contributed by atoms with Gasteiger partial charge in [0.15, 0.2) is 12.0 Å². The summed E-state index contributed by atoms with van der Waals surface area (Å²) in [6, 6.07) is 0. The Kier molecular flexibility index (Phi) is 3.19. The number of carbonyl (C=O) groups is 1. The van der Waals surface area contributed by atoms with Crippen LogP contribution in [0.1, 0.15) is 42.5 Å². The third-order valence-corrected chi connectivity index (χ3v) is 4.52. The van der Waals surface area contributed by atoms with Gasteiger partial charge in [0, 0.05) is 12.8 Å². The Morgan fingerprint density at radius 2 is 2.14 bits per heavy atom. The highest BCUT2D eigenvalue weighted by atomic mass is 16.8. The summed E-state index contributed by atoms with van der Waals surface area (Å²) in [6.07, 6.45) is 3.35. The molecule has 3 N–H and O–H groups in total. The predicted octanol–water partition coefficient (Wildman–Crippen LogP) is -0.679. The van der Waals surface area contributed by atoms with E-state index in [4.69, 9.17) is 19.9 Å². The van der Waals surface area contributed by atoms with Crippen molar-refractivity contribution in [1.29, 1.82) is 0 Å². The van der Waals surface area contributed by atoms with Crippen LogP contribution in [0.5, 0.6) is 0 Å². The molecule has 3 heterocycles. The van der Waals surface area contributed by atoms with E-state index in [-0.39, 0.29) is 18.5 Å². The minimum absolute atomic E-state index is 0.0814. The van der Waals surface area contributed by atoms with E-state index < -0.39 is 30.1 Å². The second-order valence-corrected chi connectivity index (χ2v) is 5.94. The van der Waals surface area contributed by atoms with Crippen molar-refractivity contribution in [3.63, 3.8) is 0 Å². The molecule has 0 radical (unpaired) electrons. The molecule has 1 amide bonds. The summed E-state index contributed by atoms with van der Waals surface area (Å²) in [5.74, 6) is -1.36. The average Bonchev–Trinajstić information content (AvgIpc) is 3.24. The van der Waals surface area contributed by atoms with Crippen molar-refractivity contribution in [2.24, 2.45) is 5.73 Å². The molecule has 3 fully saturated rings. The van der Waals surface area contributed by atoms with Crippen molar-refractivity contribution >= 4 is 5.91 Å². The second-order valence-electron chi connectivity index (χ2n) is 5.94. The van der Waals surface area contributed by atoms with Gasteiger partial charge in [-0.2, -0.15) is 0 Å². The zero-order valence-electron chi connectivity index (χ0n) is 11.9. The average molecular weight is 310 g/mol. The lowest BCUT2D eigenvalue weighted by molar-refractivity contribution is -0.217. The third kappa shape index (κ3) is 2.04. The molecule has 1 spiro atoms. The topological polar surface area (TPSA) is 122 Å². The molecule has 3 aliphatic rings. The van der Waals surface area contributed by atoms with Crippen molar-refractivity contribution in [2.45, 2.75) is 56.0 Å². The summed E-state index contributed by atoms with van der Waals surface area (Å²) in [4.78, 5) is 15.0. The number of aliphatic hydroxyl groups excluding tert-OH is 1. The van der Waals surface area contributed by atoms with Crippen LogP contribution in [0.3, 0.4) is 0 Å². The molecule has 2 saturated heterocycles. The molecule has 1 aromatic heterocycles. The first-order valence-corrected chi connectivity index (χ1v) is 7.45. The summed E-state index contributed by atoms with van der Waals surface area (Å²) in [5, 5.41) is 13.5. The Morgan fingerprint density at radius 3 is 2.77 bits per heavy atom. The van der Waals surface area contributed by atoms with Crippen LogP contribution < -0.4 is 5.73 Å². The van der Waals surface area contributed by atoms with Crippen LogP contribution in [0.25, 0.3) is 0 Å². The quantitative estimate of drug-likeness (QED) is 0.758. The molecule has 4 atom stereocenters. The Morgan fingerprint density at radius 1 is 1.41 bits per heavy atom. The lowest BCUT2D eigenvalue weighted by Crippen LogP contribution is -2.33.